The summed E-state index contributed by atoms with van der Waals surface area (Å²) in [6.07, 6.45) is 3.74. The number of hydrogen-bond donors (Lipinski definition) is 0. The summed E-state index contributed by atoms with van der Waals surface area (Å²) in [7, 11) is 1.48. The lowest BCUT2D eigenvalue weighted by atomic mass is 10.1. The molecule has 0 radical (unpaired) electrons. The molecular weight excluding hydrogens is 250 g/mol. The van der Waals surface area contributed by atoms with E-state index in [1.165, 1.54) is 16.4 Å². The second-order valence-electron chi connectivity index (χ2n) is 4.68. The number of hydrogen-bond acceptors (Lipinski definition) is 4. The lowest BCUT2D eigenvalue weighted by molar-refractivity contribution is -0.246. The Labute approximate surface area is 109 Å². The topological polar surface area (TPSA) is 67.4 Å². The van der Waals surface area contributed by atoms with Crippen molar-refractivity contribution in [3.8, 4) is 0 Å². The average molecular weight is 267 g/mol. The normalized spacial score (nSPS) is 26.1. The molecule has 2 heterocycles. The Morgan fingerprint density at radius 2 is 1.47 bits per heavy atom. The second-order valence-corrected chi connectivity index (χ2v) is 4.68. The van der Waals surface area contributed by atoms with E-state index >= 15 is 0 Å². The van der Waals surface area contributed by atoms with Gasteiger partial charge in [-0.1, -0.05) is 12.2 Å². The van der Waals surface area contributed by atoms with Gasteiger partial charge in [0.1, 0.15) is 12.1 Å². The first kappa shape index (κ1) is 12.4. The van der Waals surface area contributed by atoms with Gasteiger partial charge in [0.2, 0.25) is 5.79 Å². The van der Waals surface area contributed by atoms with Gasteiger partial charge >= 0.3 is 11.4 Å². The van der Waals surface area contributed by atoms with Gasteiger partial charge in [0.15, 0.2) is 0 Å². The third-order valence-corrected chi connectivity index (χ3v) is 3.77. The Morgan fingerprint density at radius 1 is 1.05 bits per heavy atom. The highest BCUT2D eigenvalue weighted by Gasteiger charge is 2.59. The molecule has 0 N–H and O–H groups in total. The van der Waals surface area contributed by atoms with Crippen molar-refractivity contribution in [3.05, 3.63) is 33.1 Å². The van der Waals surface area contributed by atoms with Gasteiger partial charge in [-0.05, 0) is 13.8 Å². The third kappa shape index (κ3) is 1.29. The van der Waals surface area contributed by atoms with E-state index in [1.807, 2.05) is 26.0 Å². The molecule has 0 amide bonds. The molecule has 0 spiro atoms. The highest BCUT2D eigenvalue weighted by molar-refractivity contribution is 5.22. The summed E-state index contributed by atoms with van der Waals surface area (Å²) in [5.41, 5.74) is -0.684. The van der Waals surface area contributed by atoms with Gasteiger partial charge in [-0.2, -0.15) is 0 Å². The van der Waals surface area contributed by atoms with Crippen LogP contribution in [-0.4, -0.2) is 32.9 Å². The molecule has 2 atom stereocenters. The molecule has 1 aliphatic carbocycles. The van der Waals surface area contributed by atoms with E-state index in [-0.39, 0.29) is 11.4 Å². The molecule has 7 heteroatoms. The largest absolute Gasteiger partial charge is 0.347 e. The van der Waals surface area contributed by atoms with Crippen LogP contribution in [0, 0.1) is 0 Å². The Morgan fingerprint density at radius 3 is 1.84 bits per heavy atom. The van der Waals surface area contributed by atoms with Gasteiger partial charge in [-0.25, -0.2) is 23.5 Å². The number of aromatic nitrogens is 3. The lowest BCUT2D eigenvalue weighted by Crippen LogP contribution is -2.44. The van der Waals surface area contributed by atoms with Crippen LogP contribution in [0.5, 0.6) is 0 Å². The van der Waals surface area contributed by atoms with Crippen LogP contribution in [0.2, 0.25) is 0 Å². The molecule has 1 aromatic rings. The Kier molecular flexibility index (Phi) is 2.58. The minimum absolute atomic E-state index is 0.342. The van der Waals surface area contributed by atoms with Crippen LogP contribution in [0.15, 0.2) is 21.7 Å². The smallest absolute Gasteiger partial charge is 0.346 e. The molecule has 7 nitrogen and oxygen atoms in total. The van der Waals surface area contributed by atoms with Crippen LogP contribution < -0.4 is 11.4 Å². The molecule has 0 aromatic carbocycles. The molecule has 2 aliphatic rings. The number of nitrogens with zero attached hydrogens (tertiary/aromatic N) is 3. The van der Waals surface area contributed by atoms with E-state index in [0.29, 0.717) is 13.2 Å². The minimum Gasteiger partial charge on any atom is -0.346 e. The summed E-state index contributed by atoms with van der Waals surface area (Å²) in [5, 5.41) is 0. The predicted molar refractivity (Wildman–Crippen MR) is 67.1 cm³/mol. The molecule has 104 valence electrons. The standard InChI is InChI=1S/C12H17N3O4/c1-4-18-12(19-5-2)8-6-7-9(12)15-11(17)13(3)10(16)14(8)15/h6-9H,4-5H2,1-3H3. The van der Waals surface area contributed by atoms with Crippen molar-refractivity contribution in [2.45, 2.75) is 31.7 Å². The zero-order valence-corrected chi connectivity index (χ0v) is 11.2. The number of rotatable bonds is 4. The zero-order valence-electron chi connectivity index (χ0n) is 11.2. The van der Waals surface area contributed by atoms with Crippen LogP contribution in [0.1, 0.15) is 25.9 Å². The molecule has 1 aliphatic heterocycles. The van der Waals surface area contributed by atoms with E-state index in [2.05, 4.69) is 0 Å². The monoisotopic (exact) mass is 267 g/mol. The lowest BCUT2D eigenvalue weighted by Gasteiger charge is -2.32. The first-order valence-corrected chi connectivity index (χ1v) is 6.44. The van der Waals surface area contributed by atoms with Crippen molar-refractivity contribution in [1.82, 2.24) is 13.9 Å². The molecule has 3 rings (SSSR count). The maximum absolute atomic E-state index is 12.1. The predicted octanol–water partition coefficient (Wildman–Crippen LogP) is -0.217. The number of ether oxygens (including phenoxy) is 2. The fourth-order valence-corrected chi connectivity index (χ4v) is 3.07. The summed E-state index contributed by atoms with van der Waals surface area (Å²) in [6.45, 7) is 4.65. The molecule has 2 bridgehead atoms. The highest BCUT2D eigenvalue weighted by Crippen LogP contribution is 2.48. The van der Waals surface area contributed by atoms with Crippen LogP contribution in [-0.2, 0) is 16.5 Å². The summed E-state index contributed by atoms with van der Waals surface area (Å²) in [6, 6.07) is -0.780. The van der Waals surface area contributed by atoms with Crippen molar-refractivity contribution in [1.29, 1.82) is 0 Å². The van der Waals surface area contributed by atoms with Crippen LogP contribution in [0.3, 0.4) is 0 Å². The van der Waals surface area contributed by atoms with Crippen molar-refractivity contribution >= 4 is 0 Å². The number of fused-ring (bicyclic) bond motifs is 5. The van der Waals surface area contributed by atoms with Gasteiger partial charge in [0, 0.05) is 20.3 Å². The molecular formula is C12H17N3O4. The van der Waals surface area contributed by atoms with Gasteiger partial charge in [-0.3, -0.25) is 0 Å². The van der Waals surface area contributed by atoms with Gasteiger partial charge in [0.05, 0.1) is 0 Å². The third-order valence-electron chi connectivity index (χ3n) is 3.77. The van der Waals surface area contributed by atoms with E-state index in [9.17, 15) is 9.59 Å². The van der Waals surface area contributed by atoms with E-state index in [4.69, 9.17) is 9.47 Å². The average Bonchev–Trinajstić information content (AvgIpc) is 2.94. The maximum atomic E-state index is 12.1. The van der Waals surface area contributed by atoms with Crippen molar-refractivity contribution in [2.75, 3.05) is 13.2 Å². The van der Waals surface area contributed by atoms with Crippen molar-refractivity contribution in [2.24, 2.45) is 7.05 Å². The molecule has 1 aromatic heterocycles. The zero-order chi connectivity index (χ0) is 13.8. The van der Waals surface area contributed by atoms with Crippen LogP contribution >= 0.6 is 0 Å². The first-order valence-electron chi connectivity index (χ1n) is 6.44. The molecule has 19 heavy (non-hydrogen) atoms. The Balaban J connectivity index is 2.20. The van der Waals surface area contributed by atoms with Crippen LogP contribution in [0.4, 0.5) is 0 Å². The fourth-order valence-electron chi connectivity index (χ4n) is 3.07. The second kappa shape index (κ2) is 3.94. The van der Waals surface area contributed by atoms with E-state index < -0.39 is 17.9 Å². The van der Waals surface area contributed by atoms with Crippen molar-refractivity contribution in [3.63, 3.8) is 0 Å². The Hall–Kier alpha value is -1.60. The molecule has 0 fully saturated rings. The molecule has 0 saturated carbocycles. The fraction of sp³-hybridized carbons (Fsp3) is 0.667. The van der Waals surface area contributed by atoms with Gasteiger partial charge in [-0.15, -0.1) is 0 Å². The van der Waals surface area contributed by atoms with E-state index in [0.717, 1.165) is 4.57 Å². The Bertz CT molecular complexity index is 597. The quantitative estimate of drug-likeness (QED) is 0.559. The van der Waals surface area contributed by atoms with Crippen molar-refractivity contribution < 1.29 is 9.47 Å². The SMILES string of the molecule is CCOC1(OCC)C2C=CC1n1c(=O)n(C)c(=O)n12. The maximum Gasteiger partial charge on any atom is 0.347 e. The van der Waals surface area contributed by atoms with Gasteiger partial charge in [0.25, 0.3) is 0 Å². The highest BCUT2D eigenvalue weighted by atomic mass is 16.7. The molecule has 2 unspecified atom stereocenters. The molecule has 0 saturated heterocycles. The van der Waals surface area contributed by atoms with Crippen LogP contribution in [0.25, 0.3) is 0 Å². The van der Waals surface area contributed by atoms with E-state index in [1.54, 1.807) is 0 Å². The summed E-state index contributed by atoms with van der Waals surface area (Å²) in [5.74, 6) is -0.962. The van der Waals surface area contributed by atoms with Gasteiger partial charge < -0.3 is 9.47 Å². The summed E-state index contributed by atoms with van der Waals surface area (Å²) < 4.78 is 15.6. The first-order chi connectivity index (χ1) is 9.08. The minimum atomic E-state index is -0.962. The summed E-state index contributed by atoms with van der Waals surface area (Å²) >= 11 is 0. The summed E-state index contributed by atoms with van der Waals surface area (Å²) in [4.78, 5) is 24.3.